The van der Waals surface area contributed by atoms with Gasteiger partial charge in [-0.2, -0.15) is 0 Å². The largest absolute Gasteiger partial charge is 0.444 e. The van der Waals surface area contributed by atoms with Gasteiger partial charge < -0.3 is 10.1 Å². The number of anilines is 1. The van der Waals surface area contributed by atoms with Gasteiger partial charge in [-0.3, -0.25) is 10.1 Å². The third kappa shape index (κ3) is 6.44. The first-order valence-electron chi connectivity index (χ1n) is 7.87. The Morgan fingerprint density at radius 2 is 2.07 bits per heavy atom. The molecule has 0 aliphatic heterocycles. The minimum Gasteiger partial charge on any atom is -0.444 e. The molecule has 1 aromatic heterocycles. The summed E-state index contributed by atoms with van der Waals surface area (Å²) < 4.78 is 18.3. The summed E-state index contributed by atoms with van der Waals surface area (Å²) in [4.78, 5) is 28.9. The zero-order valence-corrected chi connectivity index (χ0v) is 18.0. The molecule has 0 atom stereocenters. The average molecular weight is 479 g/mol. The Kier molecular flexibility index (Phi) is 7.19. The third-order valence-corrected chi connectivity index (χ3v) is 4.99. The number of ether oxygens (including phenoxy) is 1. The van der Waals surface area contributed by atoms with Gasteiger partial charge in [0.05, 0.1) is 5.69 Å². The number of aromatic nitrogens is 1. The molecule has 2 rings (SSSR count). The van der Waals surface area contributed by atoms with Gasteiger partial charge in [0.2, 0.25) is 0 Å². The summed E-state index contributed by atoms with van der Waals surface area (Å²) in [6, 6.07) is 3.96. The number of amides is 2. The second kappa shape index (κ2) is 8.99. The highest BCUT2D eigenvalue weighted by atomic mass is 79.9. The van der Waals surface area contributed by atoms with Crippen LogP contribution >= 0.6 is 38.9 Å². The highest BCUT2D eigenvalue weighted by Gasteiger charge is 2.21. The topological polar surface area (TPSA) is 80.3 Å². The number of nitrogens with zero attached hydrogens (tertiary/aromatic N) is 1. The lowest BCUT2D eigenvalue weighted by atomic mass is 10.2. The van der Waals surface area contributed by atoms with Crippen LogP contribution in [0.15, 0.2) is 18.2 Å². The Labute approximate surface area is 173 Å². The normalized spacial score (nSPS) is 11.2. The van der Waals surface area contributed by atoms with Gasteiger partial charge in [-0.1, -0.05) is 44.9 Å². The number of carbonyl (C=O) groups is 2. The van der Waals surface area contributed by atoms with Gasteiger partial charge >= 0.3 is 6.09 Å². The van der Waals surface area contributed by atoms with Gasteiger partial charge in [-0.25, -0.2) is 14.2 Å². The molecule has 146 valence electrons. The summed E-state index contributed by atoms with van der Waals surface area (Å²) in [7, 11) is 0. The fraction of sp³-hybridized carbons (Fsp3) is 0.353. The summed E-state index contributed by atoms with van der Waals surface area (Å²) in [5.41, 5.74) is 0.422. The van der Waals surface area contributed by atoms with Crippen molar-refractivity contribution in [3.63, 3.8) is 0 Å². The molecule has 2 N–H and O–H groups in total. The number of hydrogen-bond donors (Lipinski definition) is 2. The van der Waals surface area contributed by atoms with Crippen LogP contribution in [0.2, 0.25) is 5.02 Å². The third-order valence-electron chi connectivity index (χ3n) is 3.09. The van der Waals surface area contributed by atoms with Crippen molar-refractivity contribution in [2.75, 3.05) is 5.32 Å². The predicted molar refractivity (Wildman–Crippen MR) is 107 cm³/mol. The molecule has 0 radical (unpaired) electrons. The summed E-state index contributed by atoms with van der Waals surface area (Å²) in [6.45, 7) is 5.37. The number of nitrogens with one attached hydrogen (secondary N) is 2. The molecule has 0 unspecified atom stereocenters. The second-order valence-corrected chi connectivity index (χ2v) is 8.44. The lowest BCUT2D eigenvalue weighted by molar-refractivity contribution is 0.0635. The second-order valence-electron chi connectivity index (χ2n) is 6.47. The molecule has 1 heterocycles. The van der Waals surface area contributed by atoms with Crippen LogP contribution in [0.1, 0.15) is 41.7 Å². The van der Waals surface area contributed by atoms with E-state index in [0.29, 0.717) is 21.5 Å². The Morgan fingerprint density at radius 3 is 2.67 bits per heavy atom. The van der Waals surface area contributed by atoms with Crippen molar-refractivity contribution in [1.29, 1.82) is 0 Å². The van der Waals surface area contributed by atoms with E-state index in [9.17, 15) is 14.0 Å². The maximum absolute atomic E-state index is 13.1. The molecular weight excluding hydrogens is 461 g/mol. The first-order chi connectivity index (χ1) is 12.6. The Hall–Kier alpha value is -1.71. The van der Waals surface area contributed by atoms with Crippen LogP contribution in [-0.4, -0.2) is 22.6 Å². The molecule has 0 saturated carbocycles. The van der Waals surface area contributed by atoms with Gasteiger partial charge in [0.15, 0.2) is 5.13 Å². The number of alkyl halides is 1. The van der Waals surface area contributed by atoms with Crippen LogP contribution in [0.25, 0.3) is 0 Å². The molecule has 0 fully saturated rings. The SMILES string of the molecule is CC(C)(C)OC(=O)Nc1nc(CBr)c(C(=O)NCc2ccc(F)cc2Cl)s1. The van der Waals surface area contributed by atoms with Gasteiger partial charge in [0.25, 0.3) is 5.91 Å². The zero-order chi connectivity index (χ0) is 20.2. The molecule has 0 aliphatic carbocycles. The fourth-order valence-electron chi connectivity index (χ4n) is 1.98. The molecule has 10 heteroatoms. The maximum Gasteiger partial charge on any atom is 0.413 e. The van der Waals surface area contributed by atoms with Crippen LogP contribution in [-0.2, 0) is 16.6 Å². The first-order valence-corrected chi connectivity index (χ1v) is 10.2. The number of rotatable bonds is 5. The summed E-state index contributed by atoms with van der Waals surface area (Å²) in [5, 5.41) is 6.05. The van der Waals surface area contributed by atoms with E-state index in [4.69, 9.17) is 16.3 Å². The smallest absolute Gasteiger partial charge is 0.413 e. The minimum atomic E-state index is -0.651. The highest BCUT2D eigenvalue weighted by Crippen LogP contribution is 2.26. The molecule has 0 spiro atoms. The van der Waals surface area contributed by atoms with Gasteiger partial charge in [-0.15, -0.1) is 0 Å². The van der Waals surface area contributed by atoms with E-state index < -0.39 is 17.5 Å². The number of halogens is 3. The van der Waals surface area contributed by atoms with E-state index in [2.05, 4.69) is 31.5 Å². The van der Waals surface area contributed by atoms with Crippen molar-refractivity contribution in [2.45, 2.75) is 38.2 Å². The zero-order valence-electron chi connectivity index (χ0n) is 14.9. The van der Waals surface area contributed by atoms with Crippen LogP contribution in [0.3, 0.4) is 0 Å². The molecule has 1 aromatic carbocycles. The van der Waals surface area contributed by atoms with E-state index in [1.54, 1.807) is 20.8 Å². The van der Waals surface area contributed by atoms with E-state index in [1.165, 1.54) is 18.2 Å². The quantitative estimate of drug-likeness (QED) is 0.585. The van der Waals surface area contributed by atoms with Crippen LogP contribution < -0.4 is 10.6 Å². The number of hydrogen-bond acceptors (Lipinski definition) is 5. The minimum absolute atomic E-state index is 0.131. The standard InChI is InChI=1S/C17H18BrClFN3O3S/c1-17(2,3)26-16(25)23-15-22-12(7-18)13(27-15)14(24)21-8-9-4-5-10(20)6-11(9)19/h4-6H,7-8H2,1-3H3,(H,21,24)(H,22,23,25). The number of thiazole rings is 1. The van der Waals surface area contributed by atoms with Crippen molar-refractivity contribution in [1.82, 2.24) is 10.3 Å². The lowest BCUT2D eigenvalue weighted by Crippen LogP contribution is -2.27. The molecule has 0 saturated heterocycles. The van der Waals surface area contributed by atoms with Crippen LogP contribution in [0, 0.1) is 5.82 Å². The molecule has 2 amide bonds. The molecular formula is C17H18BrClFN3O3S. The fourth-order valence-corrected chi connectivity index (χ4v) is 3.69. The number of carbonyl (C=O) groups excluding carboxylic acids is 2. The van der Waals surface area contributed by atoms with Crippen molar-refractivity contribution in [3.05, 3.63) is 45.2 Å². The van der Waals surface area contributed by atoms with Crippen molar-refractivity contribution >= 4 is 56.0 Å². The van der Waals surface area contributed by atoms with Crippen LogP contribution in [0.5, 0.6) is 0 Å². The molecule has 0 bridgehead atoms. The predicted octanol–water partition coefficient (Wildman–Crippen LogP) is 5.11. The molecule has 0 aliphatic rings. The van der Waals surface area contributed by atoms with Crippen molar-refractivity contribution in [3.8, 4) is 0 Å². The lowest BCUT2D eigenvalue weighted by Gasteiger charge is -2.18. The maximum atomic E-state index is 13.1. The number of benzene rings is 1. The van der Waals surface area contributed by atoms with Gasteiger partial charge in [0.1, 0.15) is 16.3 Å². The van der Waals surface area contributed by atoms with E-state index >= 15 is 0 Å². The Bertz CT molecular complexity index is 854. The summed E-state index contributed by atoms with van der Waals surface area (Å²) in [6.07, 6.45) is -0.651. The van der Waals surface area contributed by atoms with Crippen molar-refractivity contribution in [2.24, 2.45) is 0 Å². The van der Waals surface area contributed by atoms with Crippen LogP contribution in [0.4, 0.5) is 14.3 Å². The van der Waals surface area contributed by atoms with E-state index in [-0.39, 0.29) is 22.6 Å². The molecule has 6 nitrogen and oxygen atoms in total. The van der Waals surface area contributed by atoms with E-state index in [1.807, 2.05) is 0 Å². The Morgan fingerprint density at radius 1 is 1.37 bits per heavy atom. The van der Waals surface area contributed by atoms with Gasteiger partial charge in [-0.05, 0) is 38.5 Å². The van der Waals surface area contributed by atoms with Crippen molar-refractivity contribution < 1.29 is 18.7 Å². The highest BCUT2D eigenvalue weighted by molar-refractivity contribution is 9.08. The summed E-state index contributed by atoms with van der Waals surface area (Å²) in [5.74, 6) is -0.823. The average Bonchev–Trinajstić information content (AvgIpc) is 2.94. The monoisotopic (exact) mass is 477 g/mol. The molecule has 27 heavy (non-hydrogen) atoms. The van der Waals surface area contributed by atoms with E-state index in [0.717, 1.165) is 11.3 Å². The van der Waals surface area contributed by atoms with Gasteiger partial charge in [0, 0.05) is 16.9 Å². The molecule has 2 aromatic rings. The summed E-state index contributed by atoms with van der Waals surface area (Å²) >= 11 is 10.3. The Balaban J connectivity index is 2.07. The first kappa shape index (κ1) is 21.6.